The highest BCUT2D eigenvalue weighted by atomic mass is 127. The molecule has 0 aliphatic rings. The zero-order valence-corrected chi connectivity index (χ0v) is 18.0. The summed E-state index contributed by atoms with van der Waals surface area (Å²) in [5, 5.41) is 10.7. The molecular weight excluding hydrogens is 427 g/mol. The topological polar surface area (TPSA) is 62.5 Å². The Kier molecular flexibility index (Phi) is 8.96. The number of hydrogen-bond donors (Lipinski definition) is 2. The minimum absolute atomic E-state index is 0. The van der Waals surface area contributed by atoms with E-state index in [1.54, 1.807) is 7.05 Å². The first kappa shape index (κ1) is 21.5. The molecule has 25 heavy (non-hydrogen) atoms. The Morgan fingerprint density at radius 1 is 1.16 bits per heavy atom. The Morgan fingerprint density at radius 3 is 2.40 bits per heavy atom. The first-order valence-corrected chi connectivity index (χ1v) is 8.46. The monoisotopic (exact) mass is 456 g/mol. The fraction of sp³-hybridized carbons (Fsp3) is 0.474. The predicted molar refractivity (Wildman–Crippen MR) is 114 cm³/mol. The van der Waals surface area contributed by atoms with Crippen LogP contribution in [0.15, 0.2) is 39.8 Å². The Morgan fingerprint density at radius 2 is 1.84 bits per heavy atom. The molecule has 0 spiro atoms. The van der Waals surface area contributed by atoms with E-state index >= 15 is 0 Å². The zero-order valence-electron chi connectivity index (χ0n) is 15.7. The summed E-state index contributed by atoms with van der Waals surface area (Å²) in [4.78, 5) is 4.26. The van der Waals surface area contributed by atoms with E-state index in [9.17, 15) is 0 Å². The lowest BCUT2D eigenvalue weighted by Gasteiger charge is -2.16. The molecule has 0 aliphatic heterocycles. The first-order chi connectivity index (χ1) is 11.5. The smallest absolute Gasteiger partial charge is 0.191 e. The van der Waals surface area contributed by atoms with Crippen LogP contribution in [0, 0.1) is 6.92 Å². The minimum Gasteiger partial charge on any atom is -0.359 e. The van der Waals surface area contributed by atoms with Gasteiger partial charge in [-0.15, -0.1) is 24.0 Å². The van der Waals surface area contributed by atoms with Gasteiger partial charge in [-0.05, 0) is 24.3 Å². The molecule has 1 unspecified atom stereocenters. The average Bonchev–Trinajstić information content (AvgIpc) is 3.04. The normalized spacial score (nSPS) is 12.6. The van der Waals surface area contributed by atoms with Gasteiger partial charge in [0.15, 0.2) is 11.7 Å². The lowest BCUT2D eigenvalue weighted by molar-refractivity contribution is 0.372. The van der Waals surface area contributed by atoms with Gasteiger partial charge in [-0.3, -0.25) is 4.99 Å². The van der Waals surface area contributed by atoms with Crippen molar-refractivity contribution in [2.45, 2.75) is 46.1 Å². The highest BCUT2D eigenvalue weighted by molar-refractivity contribution is 14.0. The average molecular weight is 456 g/mol. The summed E-state index contributed by atoms with van der Waals surface area (Å²) < 4.78 is 5.33. The van der Waals surface area contributed by atoms with E-state index < -0.39 is 0 Å². The lowest BCUT2D eigenvalue weighted by Crippen LogP contribution is -2.38. The van der Waals surface area contributed by atoms with Crippen molar-refractivity contribution >= 4 is 29.9 Å². The number of halogens is 1. The third-order valence-electron chi connectivity index (χ3n) is 4.04. The van der Waals surface area contributed by atoms with Crippen LogP contribution in [-0.2, 0) is 6.54 Å². The van der Waals surface area contributed by atoms with Crippen LogP contribution in [-0.4, -0.2) is 24.7 Å². The fourth-order valence-electron chi connectivity index (χ4n) is 2.34. The summed E-state index contributed by atoms with van der Waals surface area (Å²) in [6, 6.07) is 10.6. The van der Waals surface area contributed by atoms with Crippen LogP contribution in [0.4, 0.5) is 0 Å². The van der Waals surface area contributed by atoms with E-state index in [1.807, 2.05) is 6.07 Å². The van der Waals surface area contributed by atoms with Crippen molar-refractivity contribution in [1.82, 2.24) is 15.8 Å². The maximum atomic E-state index is 5.33. The fourth-order valence-corrected chi connectivity index (χ4v) is 2.34. The van der Waals surface area contributed by atoms with Crippen molar-refractivity contribution in [3.8, 4) is 0 Å². The Balaban J connectivity index is 0.00000312. The van der Waals surface area contributed by atoms with Gasteiger partial charge in [-0.2, -0.15) is 0 Å². The molecular formula is C19H29IN4O. The van der Waals surface area contributed by atoms with Gasteiger partial charge in [-0.1, -0.05) is 55.8 Å². The summed E-state index contributed by atoms with van der Waals surface area (Å²) in [6.07, 6.45) is 0. The van der Waals surface area contributed by atoms with Crippen molar-refractivity contribution in [3.63, 3.8) is 0 Å². The van der Waals surface area contributed by atoms with Crippen LogP contribution in [0.25, 0.3) is 0 Å². The van der Waals surface area contributed by atoms with Gasteiger partial charge in [-0.25, -0.2) is 0 Å². The van der Waals surface area contributed by atoms with E-state index in [0.29, 0.717) is 18.4 Å². The third kappa shape index (κ3) is 6.68. The van der Waals surface area contributed by atoms with Crippen LogP contribution in [0.2, 0.25) is 0 Å². The standard InChI is InChI=1S/C19H28N4O.HI/c1-13(2)18-10-17(24-23-18)12-22-19(20-5)21-11-15(4)16-8-6-14(3)7-9-16;/h6-10,13,15H,11-12H2,1-5H3,(H2,20,21,22);1H. The Bertz CT molecular complexity index is 664. The van der Waals surface area contributed by atoms with Crippen molar-refractivity contribution in [1.29, 1.82) is 0 Å². The van der Waals surface area contributed by atoms with Gasteiger partial charge < -0.3 is 15.2 Å². The number of rotatable bonds is 6. The van der Waals surface area contributed by atoms with E-state index in [0.717, 1.165) is 24.0 Å². The number of hydrogen-bond acceptors (Lipinski definition) is 3. The molecule has 6 heteroatoms. The number of nitrogens with zero attached hydrogens (tertiary/aromatic N) is 2. The van der Waals surface area contributed by atoms with E-state index in [-0.39, 0.29) is 24.0 Å². The SMILES string of the molecule is CN=C(NCc1cc(C(C)C)no1)NCC(C)c1ccc(C)cc1.I. The van der Waals surface area contributed by atoms with Crippen molar-refractivity contribution in [3.05, 3.63) is 52.9 Å². The van der Waals surface area contributed by atoms with E-state index in [1.165, 1.54) is 11.1 Å². The summed E-state index contributed by atoms with van der Waals surface area (Å²) in [7, 11) is 1.77. The molecule has 1 aromatic carbocycles. The second-order valence-electron chi connectivity index (χ2n) is 6.49. The summed E-state index contributed by atoms with van der Waals surface area (Å²) >= 11 is 0. The van der Waals surface area contributed by atoms with Gasteiger partial charge in [0.2, 0.25) is 0 Å². The van der Waals surface area contributed by atoms with Gasteiger partial charge in [0.05, 0.1) is 12.2 Å². The van der Waals surface area contributed by atoms with Crippen molar-refractivity contribution < 1.29 is 4.52 Å². The number of guanidine groups is 1. The molecule has 2 aromatic rings. The van der Waals surface area contributed by atoms with Gasteiger partial charge >= 0.3 is 0 Å². The van der Waals surface area contributed by atoms with Gasteiger partial charge in [0.1, 0.15) is 0 Å². The Hall–Kier alpha value is -1.57. The summed E-state index contributed by atoms with van der Waals surface area (Å²) in [5.74, 6) is 2.35. The van der Waals surface area contributed by atoms with Crippen molar-refractivity contribution in [2.24, 2.45) is 4.99 Å². The van der Waals surface area contributed by atoms with E-state index in [2.05, 4.69) is 72.7 Å². The van der Waals surface area contributed by atoms with Gasteiger partial charge in [0.25, 0.3) is 0 Å². The molecule has 138 valence electrons. The van der Waals surface area contributed by atoms with Crippen LogP contribution in [0.1, 0.15) is 55.2 Å². The Labute approximate surface area is 167 Å². The molecule has 0 fully saturated rings. The lowest BCUT2D eigenvalue weighted by atomic mass is 10.0. The molecule has 0 amide bonds. The quantitative estimate of drug-likeness (QED) is 0.389. The van der Waals surface area contributed by atoms with Crippen molar-refractivity contribution in [2.75, 3.05) is 13.6 Å². The maximum Gasteiger partial charge on any atom is 0.191 e. The van der Waals surface area contributed by atoms with Crippen LogP contribution in [0.3, 0.4) is 0 Å². The molecule has 1 aromatic heterocycles. The molecule has 0 saturated heterocycles. The van der Waals surface area contributed by atoms with Crippen LogP contribution < -0.4 is 10.6 Å². The molecule has 0 bridgehead atoms. The first-order valence-electron chi connectivity index (χ1n) is 8.46. The van der Waals surface area contributed by atoms with Gasteiger partial charge in [0, 0.05) is 19.7 Å². The third-order valence-corrected chi connectivity index (χ3v) is 4.04. The molecule has 1 heterocycles. The maximum absolute atomic E-state index is 5.33. The number of aliphatic imine (C=N–C) groups is 1. The number of benzene rings is 1. The molecule has 2 rings (SSSR count). The summed E-state index contributed by atoms with van der Waals surface area (Å²) in [5.41, 5.74) is 3.58. The second-order valence-corrected chi connectivity index (χ2v) is 6.49. The number of nitrogens with one attached hydrogen (secondary N) is 2. The second kappa shape index (κ2) is 10.4. The molecule has 1 atom stereocenters. The zero-order chi connectivity index (χ0) is 17.5. The minimum atomic E-state index is 0. The van der Waals surface area contributed by atoms with Crippen LogP contribution >= 0.6 is 24.0 Å². The highest BCUT2D eigenvalue weighted by Crippen LogP contribution is 2.15. The molecule has 0 aliphatic carbocycles. The highest BCUT2D eigenvalue weighted by Gasteiger charge is 2.09. The largest absolute Gasteiger partial charge is 0.359 e. The molecule has 0 saturated carbocycles. The molecule has 5 nitrogen and oxygen atoms in total. The summed E-state index contributed by atoms with van der Waals surface area (Å²) in [6.45, 7) is 9.89. The number of aromatic nitrogens is 1. The molecule has 0 radical (unpaired) electrons. The van der Waals surface area contributed by atoms with Crippen LogP contribution in [0.5, 0.6) is 0 Å². The van der Waals surface area contributed by atoms with E-state index in [4.69, 9.17) is 4.52 Å². The number of aryl methyl sites for hydroxylation is 1. The molecule has 2 N–H and O–H groups in total. The predicted octanol–water partition coefficient (Wildman–Crippen LogP) is 4.19.